The molecule has 3 heterocycles. The highest BCUT2D eigenvalue weighted by Gasteiger charge is 2.41. The minimum atomic E-state index is -0.420. The maximum absolute atomic E-state index is 14.2. The lowest BCUT2D eigenvalue weighted by atomic mass is 9.96. The first-order valence-corrected chi connectivity index (χ1v) is 11.2. The highest BCUT2D eigenvalue weighted by molar-refractivity contribution is 7.20. The van der Waals surface area contributed by atoms with E-state index in [0.29, 0.717) is 16.5 Å². The van der Waals surface area contributed by atoms with E-state index < -0.39 is 5.82 Å². The smallest absolute Gasteiger partial charge is 0.275 e. The predicted molar refractivity (Wildman–Crippen MR) is 119 cm³/mol. The Morgan fingerprint density at radius 2 is 2.10 bits per heavy atom. The molecule has 0 saturated carbocycles. The van der Waals surface area contributed by atoms with Crippen molar-refractivity contribution < 1.29 is 4.39 Å². The maximum atomic E-state index is 14.2. The van der Waals surface area contributed by atoms with E-state index >= 15 is 0 Å². The lowest BCUT2D eigenvalue weighted by Gasteiger charge is -2.38. The molecule has 2 aromatic heterocycles. The van der Waals surface area contributed by atoms with Gasteiger partial charge in [0.1, 0.15) is 5.82 Å². The van der Waals surface area contributed by atoms with Crippen molar-refractivity contribution in [1.82, 2.24) is 19.5 Å². The average molecular weight is 450 g/mol. The van der Waals surface area contributed by atoms with Crippen LogP contribution in [-0.4, -0.2) is 37.6 Å². The molecule has 1 fully saturated rings. The van der Waals surface area contributed by atoms with E-state index in [1.165, 1.54) is 28.0 Å². The molecule has 30 heavy (non-hydrogen) atoms. The third kappa shape index (κ3) is 3.96. The van der Waals surface area contributed by atoms with Crippen LogP contribution in [0, 0.1) is 5.82 Å². The Bertz CT molecular complexity index is 1140. The van der Waals surface area contributed by atoms with Gasteiger partial charge >= 0.3 is 0 Å². The molecule has 2 atom stereocenters. The summed E-state index contributed by atoms with van der Waals surface area (Å²) in [7, 11) is 0. The normalized spacial score (nSPS) is 20.2. The number of hydrogen-bond acceptors (Lipinski definition) is 6. The quantitative estimate of drug-likeness (QED) is 0.634. The molecule has 1 aliphatic rings. The first kappa shape index (κ1) is 21.2. The molecule has 0 spiro atoms. The SMILES string of the molecule is CCc1cc(=O)n2nc(NC3CCN(C(C)(C)C)C3c3ccc(Cl)c(F)c3)sc2n1. The first-order chi connectivity index (χ1) is 14.2. The standard InChI is InChI=1S/C21H25ClFN5OS/c1-5-13-11-17(29)28-20(24-13)30-19(26-28)25-16-8-9-27(21(2,3)4)18(16)12-6-7-14(22)15(23)10-12/h6-7,10-11,16,18H,5,8-9H2,1-4H3,(H,25,26). The second kappa shape index (κ2) is 7.90. The highest BCUT2D eigenvalue weighted by Crippen LogP contribution is 2.40. The maximum Gasteiger partial charge on any atom is 0.275 e. The molecule has 2 unspecified atom stereocenters. The Hall–Kier alpha value is -2.03. The number of anilines is 1. The summed E-state index contributed by atoms with van der Waals surface area (Å²) in [5, 5.41) is 8.67. The van der Waals surface area contributed by atoms with Crippen LogP contribution in [-0.2, 0) is 6.42 Å². The molecular formula is C21H25ClFN5OS. The van der Waals surface area contributed by atoms with E-state index in [0.717, 1.165) is 24.2 Å². The summed E-state index contributed by atoms with van der Waals surface area (Å²) in [6, 6.07) is 6.48. The Morgan fingerprint density at radius 3 is 2.77 bits per heavy atom. The van der Waals surface area contributed by atoms with E-state index in [4.69, 9.17) is 11.6 Å². The van der Waals surface area contributed by atoms with Crippen molar-refractivity contribution in [1.29, 1.82) is 0 Å². The number of halogens is 2. The number of benzene rings is 1. The highest BCUT2D eigenvalue weighted by atomic mass is 35.5. The summed E-state index contributed by atoms with van der Waals surface area (Å²) in [5.74, 6) is -0.420. The van der Waals surface area contributed by atoms with E-state index in [2.05, 4.69) is 41.1 Å². The number of aromatic nitrogens is 3. The van der Waals surface area contributed by atoms with Crippen LogP contribution in [0.15, 0.2) is 29.1 Å². The third-order valence-corrected chi connectivity index (χ3v) is 6.66. The third-order valence-electron chi connectivity index (χ3n) is 5.51. The summed E-state index contributed by atoms with van der Waals surface area (Å²) in [6.07, 6.45) is 1.56. The van der Waals surface area contributed by atoms with Crippen LogP contribution < -0.4 is 10.9 Å². The van der Waals surface area contributed by atoms with Crippen molar-refractivity contribution in [3.05, 3.63) is 56.7 Å². The summed E-state index contributed by atoms with van der Waals surface area (Å²) in [6.45, 7) is 9.29. The van der Waals surface area contributed by atoms with Gasteiger partial charge in [0, 0.05) is 29.9 Å². The van der Waals surface area contributed by atoms with Gasteiger partial charge in [0.15, 0.2) is 0 Å². The minimum absolute atomic E-state index is 0.00621. The van der Waals surface area contributed by atoms with E-state index in [-0.39, 0.29) is 28.2 Å². The number of hydrogen-bond donors (Lipinski definition) is 1. The molecular weight excluding hydrogens is 425 g/mol. The van der Waals surface area contributed by atoms with Crippen LogP contribution in [0.1, 0.15) is 51.4 Å². The van der Waals surface area contributed by atoms with Crippen molar-refractivity contribution in [2.24, 2.45) is 0 Å². The first-order valence-electron chi connectivity index (χ1n) is 10.1. The fraction of sp³-hybridized carbons (Fsp3) is 0.476. The summed E-state index contributed by atoms with van der Waals surface area (Å²) < 4.78 is 15.6. The molecule has 4 rings (SSSR count). The van der Waals surface area contributed by atoms with Crippen molar-refractivity contribution in [3.8, 4) is 0 Å². The second-order valence-electron chi connectivity index (χ2n) is 8.56. The monoisotopic (exact) mass is 449 g/mol. The van der Waals surface area contributed by atoms with E-state index in [1.807, 2.05) is 13.0 Å². The Balaban J connectivity index is 1.70. The zero-order valence-corrected chi connectivity index (χ0v) is 19.0. The molecule has 1 aliphatic heterocycles. The van der Waals surface area contributed by atoms with Gasteiger partial charge in [0.25, 0.3) is 5.56 Å². The van der Waals surface area contributed by atoms with Gasteiger partial charge in [0.05, 0.1) is 11.1 Å². The van der Waals surface area contributed by atoms with Crippen LogP contribution >= 0.6 is 22.9 Å². The van der Waals surface area contributed by atoms with Gasteiger partial charge in [0.2, 0.25) is 10.1 Å². The Morgan fingerprint density at radius 1 is 1.33 bits per heavy atom. The number of aryl methyl sites for hydroxylation is 1. The Kier molecular flexibility index (Phi) is 5.59. The summed E-state index contributed by atoms with van der Waals surface area (Å²) in [4.78, 5) is 19.8. The van der Waals surface area contributed by atoms with Gasteiger partial charge in [-0.05, 0) is 51.3 Å². The van der Waals surface area contributed by atoms with Crippen molar-refractivity contribution in [2.45, 2.75) is 58.2 Å². The molecule has 3 aromatic rings. The molecule has 0 radical (unpaired) electrons. The predicted octanol–water partition coefficient (Wildman–Crippen LogP) is 4.53. The molecule has 6 nitrogen and oxygen atoms in total. The molecule has 1 N–H and O–H groups in total. The second-order valence-corrected chi connectivity index (χ2v) is 9.93. The van der Waals surface area contributed by atoms with Crippen molar-refractivity contribution >= 4 is 33.0 Å². The largest absolute Gasteiger partial charge is 0.355 e. The number of fused-ring (bicyclic) bond motifs is 1. The van der Waals surface area contributed by atoms with Gasteiger partial charge in [-0.15, -0.1) is 5.10 Å². The molecule has 0 amide bonds. The lowest BCUT2D eigenvalue weighted by molar-refractivity contribution is 0.118. The number of likely N-dealkylation sites (tertiary alicyclic amines) is 1. The van der Waals surface area contributed by atoms with Gasteiger partial charge in [-0.25, -0.2) is 9.37 Å². The van der Waals surface area contributed by atoms with Crippen LogP contribution in [0.5, 0.6) is 0 Å². The fourth-order valence-corrected chi connectivity index (χ4v) is 5.06. The zero-order chi connectivity index (χ0) is 21.6. The summed E-state index contributed by atoms with van der Waals surface area (Å²) in [5.41, 5.74) is 1.34. The van der Waals surface area contributed by atoms with E-state index in [1.54, 1.807) is 6.07 Å². The van der Waals surface area contributed by atoms with Crippen molar-refractivity contribution in [2.75, 3.05) is 11.9 Å². The molecule has 9 heteroatoms. The average Bonchev–Trinajstić information content (AvgIpc) is 3.28. The number of nitrogens with zero attached hydrogens (tertiary/aromatic N) is 4. The van der Waals surface area contributed by atoms with E-state index in [9.17, 15) is 9.18 Å². The van der Waals surface area contributed by atoms with Gasteiger partial charge in [-0.2, -0.15) is 4.52 Å². The minimum Gasteiger partial charge on any atom is -0.355 e. The Labute approximate surface area is 183 Å². The van der Waals surface area contributed by atoms with Crippen molar-refractivity contribution in [3.63, 3.8) is 0 Å². The van der Waals surface area contributed by atoms with Crippen LogP contribution in [0.3, 0.4) is 0 Å². The molecule has 1 saturated heterocycles. The fourth-order valence-electron chi connectivity index (χ4n) is 4.06. The lowest BCUT2D eigenvalue weighted by Crippen LogP contribution is -2.43. The molecule has 160 valence electrons. The number of rotatable bonds is 4. The van der Waals surface area contributed by atoms with Crippen LogP contribution in [0.2, 0.25) is 5.02 Å². The van der Waals surface area contributed by atoms with Crippen LogP contribution in [0.25, 0.3) is 4.96 Å². The van der Waals surface area contributed by atoms with Gasteiger partial charge < -0.3 is 5.32 Å². The molecule has 0 bridgehead atoms. The number of nitrogens with one attached hydrogen (secondary N) is 1. The van der Waals surface area contributed by atoms with Gasteiger partial charge in [-0.3, -0.25) is 9.69 Å². The zero-order valence-electron chi connectivity index (χ0n) is 17.4. The van der Waals surface area contributed by atoms with Gasteiger partial charge in [-0.1, -0.05) is 35.9 Å². The topological polar surface area (TPSA) is 62.5 Å². The molecule has 1 aromatic carbocycles. The molecule has 0 aliphatic carbocycles. The van der Waals surface area contributed by atoms with Crippen LogP contribution in [0.4, 0.5) is 9.52 Å². The summed E-state index contributed by atoms with van der Waals surface area (Å²) >= 11 is 7.27.